The van der Waals surface area contributed by atoms with Crippen LogP contribution in [0.3, 0.4) is 0 Å². The zero-order chi connectivity index (χ0) is 14.6. The Hall–Kier alpha value is -1.89. The molecule has 0 unspecified atom stereocenters. The highest BCUT2D eigenvalue weighted by molar-refractivity contribution is 7.15. The van der Waals surface area contributed by atoms with Crippen molar-refractivity contribution in [1.29, 1.82) is 0 Å². The summed E-state index contributed by atoms with van der Waals surface area (Å²) in [5.74, 6) is 0.0663. The molecule has 4 rings (SSSR count). The molecule has 2 saturated heterocycles. The van der Waals surface area contributed by atoms with E-state index in [1.807, 2.05) is 27.8 Å². The molecule has 2 atom stereocenters. The number of nitrogens with one attached hydrogen (secondary N) is 1. The fourth-order valence-corrected chi connectivity index (χ4v) is 4.29. The molecule has 2 aromatic rings. The van der Waals surface area contributed by atoms with Crippen LogP contribution in [0.25, 0.3) is 4.96 Å². The lowest BCUT2D eigenvalue weighted by Crippen LogP contribution is -2.42. The molecule has 0 aliphatic carbocycles. The smallest absolute Gasteiger partial charge is 0.272 e. The van der Waals surface area contributed by atoms with Gasteiger partial charge in [-0.3, -0.25) is 14.0 Å². The Labute approximate surface area is 125 Å². The van der Waals surface area contributed by atoms with E-state index in [9.17, 15) is 9.59 Å². The highest BCUT2D eigenvalue weighted by atomic mass is 32.1. The molecule has 0 aromatic carbocycles. The van der Waals surface area contributed by atoms with Crippen molar-refractivity contribution in [2.24, 2.45) is 0 Å². The Morgan fingerprint density at radius 3 is 3.10 bits per heavy atom. The van der Waals surface area contributed by atoms with Crippen LogP contribution in [-0.4, -0.2) is 44.7 Å². The molecule has 2 amide bonds. The van der Waals surface area contributed by atoms with Crippen molar-refractivity contribution < 1.29 is 9.59 Å². The van der Waals surface area contributed by atoms with Crippen LogP contribution >= 0.6 is 11.3 Å². The summed E-state index contributed by atoms with van der Waals surface area (Å²) < 4.78 is 1.86. The van der Waals surface area contributed by atoms with Crippen LogP contribution < -0.4 is 5.32 Å². The van der Waals surface area contributed by atoms with Crippen molar-refractivity contribution in [2.75, 3.05) is 6.54 Å². The molecule has 0 spiro atoms. The molecule has 0 saturated carbocycles. The van der Waals surface area contributed by atoms with Crippen molar-refractivity contribution in [1.82, 2.24) is 19.6 Å². The fourth-order valence-electron chi connectivity index (χ4n) is 3.39. The number of carbonyl (C=O) groups excluding carboxylic acids is 2. The first-order valence-electron chi connectivity index (χ1n) is 7.16. The number of nitrogens with zero attached hydrogens (tertiary/aromatic N) is 3. The van der Waals surface area contributed by atoms with Crippen molar-refractivity contribution in [2.45, 2.75) is 38.3 Å². The molecular weight excluding hydrogens is 288 g/mol. The van der Waals surface area contributed by atoms with Crippen LogP contribution in [0.15, 0.2) is 11.6 Å². The minimum atomic E-state index is 0.0163. The topological polar surface area (TPSA) is 66.7 Å². The second-order valence-electron chi connectivity index (χ2n) is 5.76. The van der Waals surface area contributed by atoms with Gasteiger partial charge in [-0.05, 0) is 19.8 Å². The number of thiazole rings is 1. The van der Waals surface area contributed by atoms with Gasteiger partial charge in [0.25, 0.3) is 5.91 Å². The van der Waals surface area contributed by atoms with Crippen LogP contribution in [0, 0.1) is 6.92 Å². The summed E-state index contributed by atoms with van der Waals surface area (Å²) in [7, 11) is 0. The number of fused-ring (bicyclic) bond motifs is 3. The van der Waals surface area contributed by atoms with E-state index in [2.05, 4.69) is 10.3 Å². The molecule has 0 radical (unpaired) electrons. The summed E-state index contributed by atoms with van der Waals surface area (Å²) in [5.41, 5.74) is 1.56. The lowest BCUT2D eigenvalue weighted by atomic mass is 10.1. The van der Waals surface area contributed by atoms with E-state index in [1.54, 1.807) is 0 Å². The molecular formula is C14H16N4O2S. The zero-order valence-corrected chi connectivity index (χ0v) is 12.5. The fraction of sp³-hybridized carbons (Fsp3) is 0.500. The molecule has 110 valence electrons. The van der Waals surface area contributed by atoms with Crippen LogP contribution in [0.1, 0.15) is 35.4 Å². The molecule has 2 bridgehead atoms. The average molecular weight is 304 g/mol. The quantitative estimate of drug-likeness (QED) is 0.861. The number of imidazole rings is 1. The predicted molar refractivity (Wildman–Crippen MR) is 78.4 cm³/mol. The van der Waals surface area contributed by atoms with E-state index in [-0.39, 0.29) is 23.9 Å². The van der Waals surface area contributed by atoms with Gasteiger partial charge in [-0.25, -0.2) is 4.98 Å². The first-order chi connectivity index (χ1) is 10.1. The van der Waals surface area contributed by atoms with Gasteiger partial charge in [0.15, 0.2) is 4.96 Å². The summed E-state index contributed by atoms with van der Waals surface area (Å²) in [6.45, 7) is 2.49. The maximum Gasteiger partial charge on any atom is 0.272 e. The lowest BCUT2D eigenvalue weighted by Gasteiger charge is -2.27. The Morgan fingerprint density at radius 1 is 1.43 bits per heavy atom. The third-order valence-corrected chi connectivity index (χ3v) is 5.20. The van der Waals surface area contributed by atoms with Crippen molar-refractivity contribution in [3.05, 3.63) is 23.0 Å². The largest absolute Gasteiger partial charge is 0.354 e. The SMILES string of the molecule is Cc1cn2c(C(=O)N3[C@@H]4CC[C@H]3CNC(=O)C4)csc2n1. The molecule has 7 heteroatoms. The molecule has 6 nitrogen and oxygen atoms in total. The first kappa shape index (κ1) is 12.8. The minimum Gasteiger partial charge on any atom is -0.354 e. The first-order valence-corrected chi connectivity index (χ1v) is 8.04. The molecule has 2 aliphatic heterocycles. The minimum absolute atomic E-state index is 0.0163. The summed E-state index contributed by atoms with van der Waals surface area (Å²) in [6, 6.07) is 0.151. The molecule has 2 fully saturated rings. The molecule has 2 aromatic heterocycles. The third kappa shape index (κ3) is 1.95. The van der Waals surface area contributed by atoms with E-state index in [1.165, 1.54) is 11.3 Å². The van der Waals surface area contributed by atoms with Gasteiger partial charge in [0.2, 0.25) is 5.91 Å². The van der Waals surface area contributed by atoms with Gasteiger partial charge in [0.05, 0.1) is 5.69 Å². The number of carbonyl (C=O) groups is 2. The van der Waals surface area contributed by atoms with Gasteiger partial charge in [-0.1, -0.05) is 0 Å². The molecule has 1 N–H and O–H groups in total. The average Bonchev–Trinajstić information content (AvgIpc) is 3.05. The lowest BCUT2D eigenvalue weighted by molar-refractivity contribution is -0.121. The van der Waals surface area contributed by atoms with Crippen LogP contribution in [0.5, 0.6) is 0 Å². The van der Waals surface area contributed by atoms with Crippen LogP contribution in [0.4, 0.5) is 0 Å². The summed E-state index contributed by atoms with van der Waals surface area (Å²) >= 11 is 1.48. The van der Waals surface area contributed by atoms with E-state index in [0.29, 0.717) is 18.7 Å². The number of aryl methyl sites for hydroxylation is 1. The Bertz CT molecular complexity index is 734. The van der Waals surface area contributed by atoms with E-state index in [4.69, 9.17) is 0 Å². The number of hydrogen-bond acceptors (Lipinski definition) is 4. The number of amides is 2. The maximum absolute atomic E-state index is 12.9. The van der Waals surface area contributed by atoms with Gasteiger partial charge in [0.1, 0.15) is 5.69 Å². The predicted octanol–water partition coefficient (Wildman–Crippen LogP) is 1.20. The van der Waals surface area contributed by atoms with E-state index >= 15 is 0 Å². The third-order valence-electron chi connectivity index (χ3n) is 4.36. The summed E-state index contributed by atoms with van der Waals surface area (Å²) in [5, 5.41) is 4.76. The monoisotopic (exact) mass is 304 g/mol. The Balaban J connectivity index is 1.72. The maximum atomic E-state index is 12.9. The highest BCUT2D eigenvalue weighted by Gasteiger charge is 2.41. The number of hydrogen-bond donors (Lipinski definition) is 1. The highest BCUT2D eigenvalue weighted by Crippen LogP contribution is 2.30. The molecule has 4 heterocycles. The van der Waals surface area contributed by atoms with Crippen molar-refractivity contribution >= 4 is 28.1 Å². The van der Waals surface area contributed by atoms with Crippen molar-refractivity contribution in [3.8, 4) is 0 Å². The van der Waals surface area contributed by atoms with Gasteiger partial charge in [-0.15, -0.1) is 11.3 Å². The van der Waals surface area contributed by atoms with Gasteiger partial charge in [0, 0.05) is 36.6 Å². The zero-order valence-electron chi connectivity index (χ0n) is 11.7. The van der Waals surface area contributed by atoms with Crippen LogP contribution in [0.2, 0.25) is 0 Å². The Kier molecular flexibility index (Phi) is 2.78. The van der Waals surface area contributed by atoms with Crippen molar-refractivity contribution in [3.63, 3.8) is 0 Å². The second-order valence-corrected chi connectivity index (χ2v) is 6.60. The van der Waals surface area contributed by atoms with E-state index in [0.717, 1.165) is 23.5 Å². The Morgan fingerprint density at radius 2 is 2.24 bits per heavy atom. The normalized spacial score (nSPS) is 25.2. The van der Waals surface area contributed by atoms with E-state index < -0.39 is 0 Å². The number of aromatic nitrogens is 2. The van der Waals surface area contributed by atoms with Gasteiger partial charge >= 0.3 is 0 Å². The van der Waals surface area contributed by atoms with Gasteiger partial charge in [-0.2, -0.15) is 0 Å². The van der Waals surface area contributed by atoms with Crippen LogP contribution in [-0.2, 0) is 4.79 Å². The summed E-state index contributed by atoms with van der Waals surface area (Å²) in [6.07, 6.45) is 4.19. The van der Waals surface area contributed by atoms with Gasteiger partial charge < -0.3 is 10.2 Å². The standard InChI is InChI=1S/C14H16N4O2S/c1-8-6-17-11(7-21-14(17)16-8)13(20)18-9-2-3-10(18)5-15-12(19)4-9/h6-7,9-10H,2-5H2,1H3,(H,15,19)/t9-,10+/m1/s1. The second kappa shape index (κ2) is 4.56. The number of rotatable bonds is 1. The summed E-state index contributed by atoms with van der Waals surface area (Å²) in [4.78, 5) is 31.8. The molecule has 2 aliphatic rings. The molecule has 21 heavy (non-hydrogen) atoms.